The van der Waals surface area contributed by atoms with Crippen LogP contribution >= 0.6 is 0 Å². The number of hydrogen-bond donors (Lipinski definition) is 0. The molecule has 46 valence electrons. The summed E-state index contributed by atoms with van der Waals surface area (Å²) in [5, 5.41) is 0. The first kappa shape index (κ1) is 131. The van der Waals surface area contributed by atoms with E-state index < -0.39 is 0 Å². The summed E-state index contributed by atoms with van der Waals surface area (Å²) in [6.45, 7) is 0. The normalized spacial score (nSPS) is 0. The van der Waals surface area contributed by atoms with Gasteiger partial charge in [0.25, 0.3) is 0 Å². The van der Waals surface area contributed by atoms with E-state index >= 15 is 0 Å². The molecule has 0 amide bonds. The summed E-state index contributed by atoms with van der Waals surface area (Å²) < 4.78 is 0. The molecule has 0 heterocycles. The van der Waals surface area contributed by atoms with E-state index in [2.05, 4.69) is 0 Å². The van der Waals surface area contributed by atoms with Crippen molar-refractivity contribution in [3.05, 3.63) is 0 Å². The molecule has 10 N–H and O–H groups in total. The zero-order chi connectivity index (χ0) is 0. The molecular weight excluding hydrogens is 167 g/mol. The predicted molar refractivity (Wildman–Crippen MR) is 19.2 cm³/mol. The van der Waals surface area contributed by atoms with Gasteiger partial charge in [-0.1, -0.05) is 0 Å². The Morgan fingerprint density at radius 2 is 0.571 bits per heavy atom. The van der Waals surface area contributed by atoms with Gasteiger partial charge in [-0.05, 0) is 0 Å². The van der Waals surface area contributed by atoms with Crippen molar-refractivity contribution in [1.82, 2.24) is 0 Å². The third-order valence-electron chi connectivity index (χ3n) is 0. The van der Waals surface area contributed by atoms with Crippen molar-refractivity contribution in [2.24, 2.45) is 0 Å². The van der Waals surface area contributed by atoms with E-state index in [0.717, 1.165) is 0 Å². The van der Waals surface area contributed by atoms with Crippen LogP contribution < -0.4 is 51.4 Å². The maximum Gasteiger partial charge on any atom is 1.00 e. The number of rotatable bonds is 0. The van der Waals surface area contributed by atoms with Gasteiger partial charge >= 0.3 is 51.4 Å². The van der Waals surface area contributed by atoms with Gasteiger partial charge in [0, 0.05) is 21.7 Å². The molecule has 0 saturated heterocycles. The Balaban J connectivity index is 0. The fourth-order valence-corrected chi connectivity index (χ4v) is 0. The zero-order valence-corrected chi connectivity index (χ0v) is 8.68. The molecule has 0 unspecified atom stereocenters. The van der Waals surface area contributed by atoms with Gasteiger partial charge in [-0.25, -0.2) is 0 Å². The summed E-state index contributed by atoms with van der Waals surface area (Å²) in [7, 11) is 0. The van der Waals surface area contributed by atoms with Gasteiger partial charge in [-0.3, -0.25) is 0 Å². The van der Waals surface area contributed by atoms with Crippen LogP contribution in [0.1, 0.15) is 1.43 Å². The van der Waals surface area contributed by atoms with Crippen molar-refractivity contribution in [1.29, 1.82) is 0 Å². The number of hydrogen-bond acceptors (Lipinski definition) is 0. The molecule has 0 aromatic heterocycles. The standard InChI is InChI=1S/K.5H2O.Ti.H/h;5*1H2;;/q+1;;;;;;;-1. The van der Waals surface area contributed by atoms with Crippen LogP contribution in [-0.2, 0) is 21.7 Å². The van der Waals surface area contributed by atoms with Crippen LogP contribution in [0.4, 0.5) is 0 Å². The zero-order valence-electron chi connectivity index (χ0n) is 5.00. The first-order valence-electron chi connectivity index (χ1n) is 0. The van der Waals surface area contributed by atoms with E-state index in [0.29, 0.717) is 0 Å². The summed E-state index contributed by atoms with van der Waals surface area (Å²) >= 11 is 0. The Labute approximate surface area is 100 Å². The topological polar surface area (TPSA) is 158 Å². The van der Waals surface area contributed by atoms with Gasteiger partial charge in [0.05, 0.1) is 0 Å². The average Bonchev–Trinajstić information content (AvgIpc) is 0. The van der Waals surface area contributed by atoms with Crippen LogP contribution in [0, 0.1) is 0 Å². The van der Waals surface area contributed by atoms with Gasteiger partial charge in [0.1, 0.15) is 0 Å². The average molecular weight is 178 g/mol. The third kappa shape index (κ3) is 66.7. The quantitative estimate of drug-likeness (QED) is 0.323. The van der Waals surface area contributed by atoms with Crippen molar-refractivity contribution in [2.75, 3.05) is 0 Å². The summed E-state index contributed by atoms with van der Waals surface area (Å²) in [5.74, 6) is 0. The molecule has 7 heteroatoms. The van der Waals surface area contributed by atoms with E-state index in [1.54, 1.807) is 0 Å². The molecule has 0 saturated carbocycles. The van der Waals surface area contributed by atoms with Crippen LogP contribution in [0.25, 0.3) is 0 Å². The molecule has 0 aliphatic rings. The van der Waals surface area contributed by atoms with Gasteiger partial charge in [0.2, 0.25) is 0 Å². The SMILES string of the molecule is O.O.O.O.O.[H-].[K+].[Ti]. The van der Waals surface area contributed by atoms with E-state index in [9.17, 15) is 0 Å². The van der Waals surface area contributed by atoms with Crippen molar-refractivity contribution < 1.29 is 102 Å². The molecule has 0 rings (SSSR count). The fraction of sp³-hybridized carbons (Fsp3) is 0. The molecule has 0 aliphatic carbocycles. The van der Waals surface area contributed by atoms with Crippen molar-refractivity contribution in [3.8, 4) is 0 Å². The second-order valence-electron chi connectivity index (χ2n) is 0. The molecule has 7 heavy (non-hydrogen) atoms. The summed E-state index contributed by atoms with van der Waals surface area (Å²) in [6, 6.07) is 0. The predicted octanol–water partition coefficient (Wildman–Crippen LogP) is -7.01. The molecule has 5 nitrogen and oxygen atoms in total. The Hall–Kier alpha value is 2.15. The minimum absolute atomic E-state index is 0. The smallest absolute Gasteiger partial charge is 1.00 e. The van der Waals surface area contributed by atoms with Crippen LogP contribution in [0.3, 0.4) is 0 Å². The molecule has 0 spiro atoms. The second-order valence-corrected chi connectivity index (χ2v) is 0. The molecule has 0 aliphatic heterocycles. The summed E-state index contributed by atoms with van der Waals surface area (Å²) in [6.07, 6.45) is 0. The molecule has 0 aromatic carbocycles. The van der Waals surface area contributed by atoms with Crippen LogP contribution in [0.5, 0.6) is 0 Å². The molecule has 0 radical (unpaired) electrons. The minimum Gasteiger partial charge on any atom is -1.00 e. The summed E-state index contributed by atoms with van der Waals surface area (Å²) in [4.78, 5) is 0. The van der Waals surface area contributed by atoms with E-state index in [-0.39, 0.29) is 102 Å². The van der Waals surface area contributed by atoms with Gasteiger partial charge in [-0.2, -0.15) is 0 Å². The van der Waals surface area contributed by atoms with Crippen LogP contribution in [0.15, 0.2) is 0 Å². The Bertz CT molecular complexity index is 12.4. The van der Waals surface area contributed by atoms with Crippen molar-refractivity contribution in [3.63, 3.8) is 0 Å². The molecular formula is H11KO5Ti. The molecule has 0 fully saturated rings. The Morgan fingerprint density at radius 1 is 0.571 bits per heavy atom. The maximum atomic E-state index is 0. The fourth-order valence-electron chi connectivity index (χ4n) is 0. The maximum absolute atomic E-state index is 0. The van der Waals surface area contributed by atoms with Gasteiger partial charge in [0.15, 0.2) is 0 Å². The minimum atomic E-state index is 0. The monoisotopic (exact) mass is 178 g/mol. The van der Waals surface area contributed by atoms with Gasteiger partial charge in [-0.15, -0.1) is 0 Å². The van der Waals surface area contributed by atoms with Crippen LogP contribution in [-0.4, -0.2) is 27.4 Å². The molecule has 0 aromatic rings. The molecule has 0 bridgehead atoms. The first-order chi connectivity index (χ1) is 0. The second kappa shape index (κ2) is 90.1. The summed E-state index contributed by atoms with van der Waals surface area (Å²) in [5.41, 5.74) is 0. The van der Waals surface area contributed by atoms with Crippen molar-refractivity contribution >= 4 is 0 Å². The molecule has 0 atom stereocenters. The Kier molecular flexibility index (Phi) is 1690. The van der Waals surface area contributed by atoms with Crippen LogP contribution in [0.2, 0.25) is 0 Å². The van der Waals surface area contributed by atoms with Gasteiger partial charge < -0.3 is 28.8 Å². The van der Waals surface area contributed by atoms with E-state index in [4.69, 9.17) is 0 Å². The third-order valence-corrected chi connectivity index (χ3v) is 0. The first-order valence-corrected chi connectivity index (χ1v) is 0. The van der Waals surface area contributed by atoms with E-state index in [1.165, 1.54) is 0 Å². The van der Waals surface area contributed by atoms with Crippen molar-refractivity contribution in [2.45, 2.75) is 0 Å². The largest absolute Gasteiger partial charge is 1.00 e. The van der Waals surface area contributed by atoms with E-state index in [1.807, 2.05) is 0 Å². The Morgan fingerprint density at radius 3 is 0.571 bits per heavy atom.